The Bertz CT molecular complexity index is 525. The Hall–Kier alpha value is -1.77. The molecule has 0 aliphatic heterocycles. The number of halogens is 3. The third-order valence-corrected chi connectivity index (χ3v) is 2.88. The van der Waals surface area contributed by atoms with Crippen LogP contribution < -0.4 is 0 Å². The monoisotopic (exact) mass is 276 g/mol. The molecule has 18 heavy (non-hydrogen) atoms. The maximum atomic E-state index is 12.1. The van der Waals surface area contributed by atoms with Crippen molar-refractivity contribution >= 4 is 11.8 Å². The average Bonchev–Trinajstić information content (AvgIpc) is 2.75. The summed E-state index contributed by atoms with van der Waals surface area (Å²) in [5, 5.41) is 19.6. The molecule has 1 N–H and O–H groups in total. The lowest BCUT2D eigenvalue weighted by Gasteiger charge is -2.06. The molecule has 0 amide bonds. The Balaban J connectivity index is 2.20. The lowest BCUT2D eigenvalue weighted by atomic mass is 10.3. The number of hydrogen-bond acceptors (Lipinski definition) is 5. The summed E-state index contributed by atoms with van der Waals surface area (Å²) >= 11 is 0.499. The van der Waals surface area contributed by atoms with Crippen molar-refractivity contribution < 1.29 is 18.3 Å². The molecule has 0 saturated heterocycles. The van der Waals surface area contributed by atoms with E-state index < -0.39 is 11.9 Å². The number of benzene rings is 1. The van der Waals surface area contributed by atoms with Gasteiger partial charge in [0.05, 0.1) is 11.4 Å². The molecule has 1 aromatic carbocycles. The van der Waals surface area contributed by atoms with E-state index in [0.29, 0.717) is 17.4 Å². The van der Waals surface area contributed by atoms with E-state index in [1.165, 1.54) is 28.9 Å². The molecule has 0 aliphatic rings. The van der Waals surface area contributed by atoms with Crippen molar-refractivity contribution in [1.29, 1.82) is 0 Å². The summed E-state index contributed by atoms with van der Waals surface area (Å²) in [5.74, 6) is -1.01. The predicted molar refractivity (Wildman–Crippen MR) is 57.6 cm³/mol. The number of phenols is 1. The Morgan fingerprint density at radius 1 is 1.22 bits per heavy atom. The minimum Gasteiger partial charge on any atom is -0.508 e. The third kappa shape index (κ3) is 3.13. The molecular weight excluding hydrogens is 269 g/mol. The van der Waals surface area contributed by atoms with Crippen LogP contribution in [0.4, 0.5) is 13.2 Å². The number of aromatic nitrogens is 4. The normalized spacial score (nSPS) is 11.7. The van der Waals surface area contributed by atoms with Crippen molar-refractivity contribution in [3.63, 3.8) is 0 Å². The highest BCUT2D eigenvalue weighted by Gasteiger charge is 2.28. The molecular formula is C9H7F3N4OS. The quantitative estimate of drug-likeness (QED) is 0.869. The number of aromatic hydroxyl groups is 1. The van der Waals surface area contributed by atoms with Crippen molar-refractivity contribution in [2.24, 2.45) is 0 Å². The van der Waals surface area contributed by atoms with Gasteiger partial charge in [0.1, 0.15) is 5.75 Å². The zero-order valence-electron chi connectivity index (χ0n) is 8.79. The second kappa shape index (κ2) is 4.84. The van der Waals surface area contributed by atoms with Crippen molar-refractivity contribution in [1.82, 2.24) is 20.2 Å². The molecule has 0 saturated carbocycles. The second-order valence-corrected chi connectivity index (χ2v) is 4.24. The van der Waals surface area contributed by atoms with Crippen molar-refractivity contribution in [3.8, 4) is 11.4 Å². The molecule has 0 radical (unpaired) electrons. The minimum absolute atomic E-state index is 0.0398. The first-order chi connectivity index (χ1) is 8.46. The molecule has 96 valence electrons. The van der Waals surface area contributed by atoms with Gasteiger partial charge in [-0.05, 0) is 34.7 Å². The van der Waals surface area contributed by atoms with E-state index >= 15 is 0 Å². The van der Waals surface area contributed by atoms with E-state index in [4.69, 9.17) is 5.11 Å². The van der Waals surface area contributed by atoms with Gasteiger partial charge in [0.15, 0.2) is 0 Å². The maximum absolute atomic E-state index is 12.1. The number of nitrogens with zero attached hydrogens (tertiary/aromatic N) is 4. The van der Waals surface area contributed by atoms with Crippen LogP contribution in [0, 0.1) is 0 Å². The summed E-state index contributed by atoms with van der Waals surface area (Å²) in [4.78, 5) is 0. The van der Waals surface area contributed by atoms with Gasteiger partial charge in [0.25, 0.3) is 0 Å². The Morgan fingerprint density at radius 3 is 2.50 bits per heavy atom. The number of hydrogen-bond donors (Lipinski definition) is 1. The summed E-state index contributed by atoms with van der Waals surface area (Å²) in [6, 6.07) is 5.80. The first kappa shape index (κ1) is 12.7. The first-order valence-corrected chi connectivity index (χ1v) is 5.71. The van der Waals surface area contributed by atoms with Crippen LogP contribution in [0.3, 0.4) is 0 Å². The fourth-order valence-electron chi connectivity index (χ4n) is 1.17. The van der Waals surface area contributed by atoms with Crippen molar-refractivity contribution in [3.05, 3.63) is 24.3 Å². The lowest BCUT2D eigenvalue weighted by molar-refractivity contribution is -0.105. The highest BCUT2D eigenvalue weighted by atomic mass is 32.2. The fourth-order valence-corrected chi connectivity index (χ4v) is 1.82. The molecule has 1 aromatic heterocycles. The number of phenolic OH excluding ortho intramolecular Hbond substituents is 1. The van der Waals surface area contributed by atoms with Gasteiger partial charge < -0.3 is 5.11 Å². The number of thioether (sulfide) groups is 1. The van der Waals surface area contributed by atoms with E-state index in [9.17, 15) is 13.2 Å². The Kier molecular flexibility index (Phi) is 3.41. The second-order valence-electron chi connectivity index (χ2n) is 3.29. The Morgan fingerprint density at radius 2 is 1.89 bits per heavy atom. The number of rotatable bonds is 3. The highest BCUT2D eigenvalue weighted by molar-refractivity contribution is 7.99. The van der Waals surface area contributed by atoms with Gasteiger partial charge in [-0.25, -0.2) is 0 Å². The van der Waals surface area contributed by atoms with Crippen LogP contribution >= 0.6 is 11.8 Å². The minimum atomic E-state index is -4.28. The summed E-state index contributed by atoms with van der Waals surface area (Å²) in [6.07, 6.45) is -4.28. The molecule has 2 rings (SSSR count). The van der Waals surface area contributed by atoms with Gasteiger partial charge >= 0.3 is 6.18 Å². The molecule has 5 nitrogen and oxygen atoms in total. The van der Waals surface area contributed by atoms with E-state index in [1.54, 1.807) is 0 Å². The average molecular weight is 276 g/mol. The van der Waals surface area contributed by atoms with Crippen LogP contribution in [-0.2, 0) is 0 Å². The summed E-state index contributed by atoms with van der Waals surface area (Å²) in [7, 11) is 0. The van der Waals surface area contributed by atoms with Crippen molar-refractivity contribution in [2.45, 2.75) is 11.3 Å². The van der Waals surface area contributed by atoms with Crippen LogP contribution in [0.1, 0.15) is 0 Å². The Labute approximate surface area is 104 Å². The van der Waals surface area contributed by atoms with Gasteiger partial charge in [-0.2, -0.15) is 17.9 Å². The molecule has 0 bridgehead atoms. The number of tetrazole rings is 1. The smallest absolute Gasteiger partial charge is 0.398 e. The topological polar surface area (TPSA) is 63.8 Å². The molecule has 9 heteroatoms. The summed E-state index contributed by atoms with van der Waals surface area (Å²) in [5.41, 5.74) is 0.475. The zero-order valence-corrected chi connectivity index (χ0v) is 9.61. The van der Waals surface area contributed by atoms with Crippen LogP contribution in [0.25, 0.3) is 5.69 Å². The molecule has 0 fully saturated rings. The molecule has 2 aromatic rings. The molecule has 0 atom stereocenters. The van der Waals surface area contributed by atoms with Crippen LogP contribution in [-0.4, -0.2) is 37.2 Å². The van der Waals surface area contributed by atoms with Crippen molar-refractivity contribution in [2.75, 3.05) is 5.75 Å². The van der Waals surface area contributed by atoms with E-state index in [-0.39, 0.29) is 10.9 Å². The standard InChI is InChI=1S/C9H7F3N4OS/c10-9(11,12)5-18-8-13-14-15-16(8)6-1-3-7(17)4-2-6/h1-4,17H,5H2. The SMILES string of the molecule is Oc1ccc(-n2nnnc2SCC(F)(F)F)cc1. The first-order valence-electron chi connectivity index (χ1n) is 4.73. The highest BCUT2D eigenvalue weighted by Crippen LogP contribution is 2.26. The largest absolute Gasteiger partial charge is 0.508 e. The molecule has 0 aliphatic carbocycles. The lowest BCUT2D eigenvalue weighted by Crippen LogP contribution is -2.11. The zero-order chi connectivity index (χ0) is 13.2. The molecule has 0 unspecified atom stereocenters. The van der Waals surface area contributed by atoms with Gasteiger partial charge in [0, 0.05) is 0 Å². The van der Waals surface area contributed by atoms with Crippen LogP contribution in [0.2, 0.25) is 0 Å². The predicted octanol–water partition coefficient (Wildman–Crippen LogP) is 2.02. The number of alkyl halides is 3. The van der Waals surface area contributed by atoms with E-state index in [2.05, 4.69) is 15.5 Å². The van der Waals surface area contributed by atoms with Gasteiger partial charge in [-0.3, -0.25) is 0 Å². The van der Waals surface area contributed by atoms with Gasteiger partial charge in [-0.15, -0.1) is 5.10 Å². The third-order valence-electron chi connectivity index (χ3n) is 1.90. The fraction of sp³-hybridized carbons (Fsp3) is 0.222. The van der Waals surface area contributed by atoms with Crippen LogP contribution in [0.15, 0.2) is 29.4 Å². The van der Waals surface area contributed by atoms with Gasteiger partial charge in [0.2, 0.25) is 5.16 Å². The summed E-state index contributed by atoms with van der Waals surface area (Å²) < 4.78 is 37.5. The molecule has 1 heterocycles. The molecule has 0 spiro atoms. The van der Waals surface area contributed by atoms with Gasteiger partial charge in [-0.1, -0.05) is 11.8 Å². The summed E-state index contributed by atoms with van der Waals surface area (Å²) in [6.45, 7) is 0. The maximum Gasteiger partial charge on any atom is 0.398 e. The van der Waals surface area contributed by atoms with E-state index in [0.717, 1.165) is 0 Å². The van der Waals surface area contributed by atoms with E-state index in [1.807, 2.05) is 0 Å². The van der Waals surface area contributed by atoms with Crippen LogP contribution in [0.5, 0.6) is 5.75 Å².